The first-order valence-electron chi connectivity index (χ1n) is 29.7. The molecule has 10 aromatic rings. The van der Waals surface area contributed by atoms with E-state index < -0.39 is 47.9 Å². The van der Waals surface area contributed by atoms with Gasteiger partial charge in [-0.1, -0.05) is 129 Å². The highest BCUT2D eigenvalue weighted by Gasteiger charge is 2.27. The van der Waals surface area contributed by atoms with Crippen molar-refractivity contribution in [2.75, 3.05) is 0 Å². The second-order valence-electron chi connectivity index (χ2n) is 25.6. The molecule has 0 aliphatic heterocycles. The highest BCUT2D eigenvalue weighted by Crippen LogP contribution is 2.38. The lowest BCUT2D eigenvalue weighted by Gasteiger charge is -2.27. The van der Waals surface area contributed by atoms with Crippen molar-refractivity contribution in [3.63, 3.8) is 0 Å². The van der Waals surface area contributed by atoms with E-state index in [9.17, 15) is 35.8 Å². The zero-order valence-electron chi connectivity index (χ0n) is 53.3. The van der Waals surface area contributed by atoms with Gasteiger partial charge in [0.15, 0.2) is 0 Å². The molecule has 0 fully saturated rings. The molecular formula is C77H86F2O10S2Si2. The number of aromatic hydroxyl groups is 2. The lowest BCUT2D eigenvalue weighted by molar-refractivity contribution is 0.473. The fourth-order valence-electron chi connectivity index (χ4n) is 9.87. The van der Waals surface area contributed by atoms with Gasteiger partial charge in [-0.25, -0.2) is 25.6 Å². The number of hydrogen-bond acceptors (Lipinski definition) is 10. The molecule has 0 heterocycles. The average molecular weight is 1330 g/mol. The molecule has 0 aromatic heterocycles. The van der Waals surface area contributed by atoms with E-state index in [1.165, 1.54) is 35.4 Å². The van der Waals surface area contributed by atoms with E-state index in [1.54, 1.807) is 72.8 Å². The van der Waals surface area contributed by atoms with Crippen molar-refractivity contribution in [1.29, 1.82) is 0 Å². The number of sulfone groups is 2. The summed E-state index contributed by atoms with van der Waals surface area (Å²) in [5.74, 6) is 3.69. The Bertz CT molecular complexity index is 3990. The molecular weight excluding hydrogens is 1240 g/mol. The molecule has 0 amide bonds. The van der Waals surface area contributed by atoms with E-state index in [1.807, 2.05) is 72.8 Å². The molecule has 0 radical (unpaired) electrons. The van der Waals surface area contributed by atoms with Gasteiger partial charge < -0.3 is 28.5 Å². The number of halogens is 2. The van der Waals surface area contributed by atoms with E-state index >= 15 is 0 Å². The maximum absolute atomic E-state index is 13.4. The minimum atomic E-state index is -3.76. The number of hydrogen-bond donors (Lipinski definition) is 2. The van der Waals surface area contributed by atoms with Crippen molar-refractivity contribution in [2.24, 2.45) is 0 Å². The first kappa shape index (κ1) is 73.2. The van der Waals surface area contributed by atoms with Crippen molar-refractivity contribution in [3.05, 3.63) is 288 Å². The van der Waals surface area contributed by atoms with Crippen molar-refractivity contribution < 1.29 is 54.2 Å². The van der Waals surface area contributed by atoms with E-state index in [4.69, 9.17) is 18.3 Å². The number of benzene rings is 10. The summed E-state index contributed by atoms with van der Waals surface area (Å²) in [6.45, 7) is 26.2. The molecule has 0 aliphatic carbocycles. The normalized spacial score (nSPS) is 11.8. The number of rotatable bonds is 18. The van der Waals surface area contributed by atoms with Gasteiger partial charge in [-0.05, 0) is 243 Å². The van der Waals surface area contributed by atoms with Crippen LogP contribution in [-0.4, -0.2) is 43.7 Å². The minimum absolute atomic E-state index is 0. The van der Waals surface area contributed by atoms with Gasteiger partial charge in [-0.2, -0.15) is 0 Å². The van der Waals surface area contributed by atoms with Gasteiger partial charge in [0, 0.05) is 16.2 Å². The molecule has 0 unspecified atom stereocenters. The fourth-order valence-corrected chi connectivity index (χ4v) is 14.1. The average Bonchev–Trinajstić information content (AvgIpc) is 1.17. The smallest absolute Gasteiger partial charge is 0.242 e. The summed E-state index contributed by atoms with van der Waals surface area (Å²) in [6.07, 6.45) is 0. The van der Waals surface area contributed by atoms with Gasteiger partial charge in [-0.3, -0.25) is 0 Å². The molecule has 0 saturated carbocycles. The van der Waals surface area contributed by atoms with E-state index in [0.717, 1.165) is 58.0 Å². The summed E-state index contributed by atoms with van der Waals surface area (Å²) in [4.78, 5) is 0.272. The molecule has 0 bridgehead atoms. The van der Waals surface area contributed by atoms with E-state index in [0.29, 0.717) is 23.0 Å². The quantitative estimate of drug-likeness (QED) is 0.0629. The van der Waals surface area contributed by atoms with Crippen molar-refractivity contribution >= 4 is 36.3 Å². The summed E-state index contributed by atoms with van der Waals surface area (Å²) < 4.78 is 100. The van der Waals surface area contributed by atoms with Gasteiger partial charge >= 0.3 is 0 Å². The Morgan fingerprint density at radius 3 is 0.667 bits per heavy atom. The minimum Gasteiger partial charge on any atom is -0.544 e. The Hall–Kier alpha value is -8.81. The van der Waals surface area contributed by atoms with Crippen LogP contribution in [0.4, 0.5) is 8.78 Å². The van der Waals surface area contributed by atoms with Gasteiger partial charge in [-0.15, -0.1) is 0 Å². The van der Waals surface area contributed by atoms with Crippen LogP contribution in [0.25, 0.3) is 0 Å². The maximum Gasteiger partial charge on any atom is 0.242 e. The van der Waals surface area contributed by atoms with Crippen molar-refractivity contribution in [2.45, 2.75) is 132 Å². The Morgan fingerprint density at radius 2 is 0.462 bits per heavy atom. The van der Waals surface area contributed by atoms with Gasteiger partial charge in [0.2, 0.25) is 36.3 Å². The summed E-state index contributed by atoms with van der Waals surface area (Å²) >= 11 is 0. The monoisotopic (exact) mass is 1330 g/mol. The zero-order chi connectivity index (χ0) is 66.2. The number of phenolic OH excluding ortho intramolecular Hbond substituents is 2. The topological polar surface area (TPSA) is 146 Å². The number of ether oxygens (including phenoxy) is 2. The van der Waals surface area contributed by atoms with Crippen LogP contribution < -0.4 is 18.3 Å². The molecule has 2 N–H and O–H groups in total. The molecule has 0 atom stereocenters. The van der Waals surface area contributed by atoms with Crippen LogP contribution in [-0.2, 0) is 35.9 Å². The van der Waals surface area contributed by atoms with Crippen LogP contribution in [0.1, 0.15) is 89.8 Å². The highest BCUT2D eigenvalue weighted by molar-refractivity contribution is 7.91. The lowest BCUT2D eigenvalue weighted by atomic mass is 9.78. The Labute approximate surface area is 552 Å². The molecule has 0 spiro atoms. The predicted molar refractivity (Wildman–Crippen MR) is 377 cm³/mol. The maximum atomic E-state index is 13.4. The molecule has 93 heavy (non-hydrogen) atoms. The van der Waals surface area contributed by atoms with Crippen LogP contribution in [0.3, 0.4) is 0 Å². The summed E-state index contributed by atoms with van der Waals surface area (Å²) in [5, 5.41) is 19.3. The molecule has 10 nitrogen and oxygen atoms in total. The van der Waals surface area contributed by atoms with Crippen LogP contribution in [0.5, 0.6) is 46.0 Å². The van der Waals surface area contributed by atoms with Gasteiger partial charge in [0.05, 0.1) is 19.6 Å². The summed E-state index contributed by atoms with van der Waals surface area (Å²) in [6, 6.07) is 68.8. The largest absolute Gasteiger partial charge is 0.544 e. The summed E-state index contributed by atoms with van der Waals surface area (Å²) in [5.41, 5.74) is 6.31. The third-order valence-electron chi connectivity index (χ3n) is 15.3. The molecule has 0 aliphatic rings. The summed E-state index contributed by atoms with van der Waals surface area (Å²) in [7, 11) is -10.6. The third-order valence-corrected chi connectivity index (χ3v) is 20.6. The van der Waals surface area contributed by atoms with Crippen LogP contribution >= 0.6 is 0 Å². The van der Waals surface area contributed by atoms with Gasteiger partial charge in [0.1, 0.15) is 57.6 Å². The lowest BCUT2D eigenvalue weighted by Crippen LogP contribution is -2.29. The molecule has 488 valence electrons. The molecule has 0 saturated heterocycles. The van der Waals surface area contributed by atoms with Gasteiger partial charge in [0.25, 0.3) is 0 Å². The van der Waals surface area contributed by atoms with E-state index in [-0.39, 0.29) is 62.2 Å². The fraction of sp³-hybridized carbons (Fsp3) is 0.221. The Balaban J connectivity index is 0.000000259. The molecule has 10 rings (SSSR count). The van der Waals surface area contributed by atoms with Crippen LogP contribution in [0.15, 0.2) is 262 Å². The van der Waals surface area contributed by atoms with E-state index in [2.05, 4.69) is 129 Å². The molecule has 16 heteroatoms. The zero-order valence-corrected chi connectivity index (χ0v) is 57.0. The second-order valence-corrected chi connectivity index (χ2v) is 38.3. The number of phenols is 2. The standard InChI is InChI=1S/C42H38O6S.C21H32O2Si2.C12H8F2O2S.2CH4/c1-41(2,29-5-13-33(43)14-6-29)31-9-17-35(18-10-31)47-37-21-25-39(26-22-37)49(45,46)40-27-23-38(24-28-40)48-36-19-11-32(12-20-36)42(3,4)30-7-15-34(44)16-8-30;1-21(2,17-9-13-19(14-10-17)22-24(3,4)5)18-11-15-20(16-12-18)23-25(6,7)8;13-9-1-5-11(6-2-9)17(15,16)12-7-3-10(14)4-8-12;;/h5-28,43-44H,1-4H3;9-16H,1-8H3;1-8H;2*1H4. The third kappa shape index (κ3) is 19.2. The predicted octanol–water partition coefficient (Wildman–Crippen LogP) is 20.7. The SMILES string of the molecule is C.C.CC(C)(c1ccc(O)cc1)c1ccc(Oc2ccc(S(=O)(=O)c3ccc(Oc4ccc(C(C)(C)c5ccc(O)cc5)cc4)cc3)cc2)cc1.CC(C)(c1ccc(O[Si](C)(C)C)cc1)c1ccc(O[Si](C)(C)C)cc1.O=S(=O)(c1ccc(F)cc1)c1ccc(F)cc1. The van der Waals surface area contributed by atoms with Crippen LogP contribution in [0, 0.1) is 11.6 Å². The Morgan fingerprint density at radius 1 is 0.290 bits per heavy atom. The second kappa shape index (κ2) is 29.9. The molecule has 10 aromatic carbocycles. The highest BCUT2D eigenvalue weighted by atomic mass is 32.2. The first-order valence-corrected chi connectivity index (χ1v) is 39.4. The Kier molecular flexibility index (Phi) is 23.5. The van der Waals surface area contributed by atoms with Crippen LogP contribution in [0.2, 0.25) is 39.3 Å². The van der Waals surface area contributed by atoms with Crippen molar-refractivity contribution in [1.82, 2.24) is 0 Å². The van der Waals surface area contributed by atoms with Crippen molar-refractivity contribution in [3.8, 4) is 46.0 Å². The first-order chi connectivity index (χ1) is 42.7.